The summed E-state index contributed by atoms with van der Waals surface area (Å²) in [5, 5.41) is 3.02. The Morgan fingerprint density at radius 2 is 1.71 bits per heavy atom. The van der Waals surface area contributed by atoms with E-state index in [9.17, 15) is 9.59 Å². The van der Waals surface area contributed by atoms with Crippen LogP contribution in [0, 0.1) is 12.7 Å². The number of amides is 2. The van der Waals surface area contributed by atoms with Crippen molar-refractivity contribution in [1.82, 2.24) is 14.9 Å². The fourth-order valence-corrected chi connectivity index (χ4v) is 4.31. The maximum atomic E-state index is 16.2. The lowest BCUT2D eigenvalue weighted by atomic mass is 10.0. The molecule has 0 aromatic carbocycles. The number of hydrogen-bond donors (Lipinski definition) is 1. The molecule has 2 aromatic rings. The summed E-state index contributed by atoms with van der Waals surface area (Å²) >= 11 is 0. The molecule has 3 rings (SSSR count). The van der Waals surface area contributed by atoms with E-state index in [-0.39, 0.29) is 12.4 Å². The fraction of sp³-hybridized carbons (Fsp3) is 0.548. The van der Waals surface area contributed by atoms with E-state index in [1.807, 2.05) is 40.7 Å². The minimum atomic E-state index is -0.657. The molecule has 0 radical (unpaired) electrons. The van der Waals surface area contributed by atoms with Crippen LogP contribution in [0.5, 0.6) is 5.75 Å². The number of pyridine rings is 2. The molecule has 3 heterocycles. The number of aromatic nitrogens is 2. The molecule has 0 atom stereocenters. The molecule has 1 aliphatic heterocycles. The number of carbonyl (C=O) groups excluding carboxylic acids is 2. The Morgan fingerprint density at radius 1 is 1.07 bits per heavy atom. The summed E-state index contributed by atoms with van der Waals surface area (Å²) in [5.74, 6) is 0.140. The molecule has 0 spiro atoms. The molecule has 10 nitrogen and oxygen atoms in total. The van der Waals surface area contributed by atoms with Gasteiger partial charge < -0.3 is 24.4 Å². The van der Waals surface area contributed by atoms with E-state index >= 15 is 4.39 Å². The second kappa shape index (κ2) is 13.0. The number of nitrogens with one attached hydrogen (secondary N) is 1. The van der Waals surface area contributed by atoms with Crippen LogP contribution in [-0.4, -0.2) is 65.0 Å². The van der Waals surface area contributed by atoms with E-state index in [1.54, 1.807) is 51.8 Å². The zero-order chi connectivity index (χ0) is 31.4. The van der Waals surface area contributed by atoms with Crippen molar-refractivity contribution in [3.05, 3.63) is 41.0 Å². The zero-order valence-corrected chi connectivity index (χ0v) is 26.5. The third kappa shape index (κ3) is 8.33. The number of nitrogens with zero attached hydrogens (tertiary/aromatic N) is 4. The van der Waals surface area contributed by atoms with Crippen LogP contribution in [0.1, 0.15) is 78.8 Å². The average Bonchev–Trinajstić information content (AvgIpc) is 3.33. The molecule has 0 saturated carbocycles. The van der Waals surface area contributed by atoms with Crippen molar-refractivity contribution >= 4 is 35.1 Å². The van der Waals surface area contributed by atoms with Crippen molar-refractivity contribution in [1.29, 1.82) is 0 Å². The Labute approximate surface area is 248 Å². The van der Waals surface area contributed by atoms with Crippen molar-refractivity contribution in [2.75, 3.05) is 37.0 Å². The van der Waals surface area contributed by atoms with Crippen LogP contribution in [0.15, 0.2) is 18.2 Å². The van der Waals surface area contributed by atoms with Gasteiger partial charge >= 0.3 is 12.2 Å². The molecule has 230 valence electrons. The second-order valence-electron chi connectivity index (χ2n) is 12.1. The summed E-state index contributed by atoms with van der Waals surface area (Å²) in [6, 6.07) is 3.38. The number of aryl methyl sites for hydroxylation is 1. The van der Waals surface area contributed by atoms with Crippen molar-refractivity contribution in [2.45, 2.75) is 86.4 Å². The molecule has 0 aliphatic carbocycles. The first kappa shape index (κ1) is 32.6. The van der Waals surface area contributed by atoms with Crippen LogP contribution in [0.4, 0.5) is 31.3 Å². The van der Waals surface area contributed by atoms with E-state index in [4.69, 9.17) is 14.2 Å². The quantitative estimate of drug-likeness (QED) is 0.352. The number of hydrogen-bond acceptors (Lipinski definition) is 8. The van der Waals surface area contributed by atoms with E-state index in [0.29, 0.717) is 65.8 Å². The van der Waals surface area contributed by atoms with Gasteiger partial charge in [-0.1, -0.05) is 13.0 Å². The van der Waals surface area contributed by atoms with Crippen LogP contribution in [0.25, 0.3) is 5.57 Å². The largest absolute Gasteiger partial charge is 0.491 e. The molecule has 2 aromatic heterocycles. The van der Waals surface area contributed by atoms with E-state index in [0.717, 1.165) is 0 Å². The number of fused-ring (bicyclic) bond motifs is 1. The number of carbonyl (C=O) groups is 2. The number of anilines is 3. The maximum Gasteiger partial charge on any atom is 0.414 e. The number of rotatable bonds is 8. The van der Waals surface area contributed by atoms with E-state index < -0.39 is 29.2 Å². The van der Waals surface area contributed by atoms with E-state index in [1.165, 1.54) is 4.90 Å². The molecule has 0 bridgehead atoms. The van der Waals surface area contributed by atoms with Gasteiger partial charge in [0.25, 0.3) is 0 Å². The van der Waals surface area contributed by atoms with E-state index in [2.05, 4.69) is 15.3 Å². The van der Waals surface area contributed by atoms with Gasteiger partial charge in [-0.3, -0.25) is 4.90 Å². The SMILES string of the molecule is CC/C(=C\CN(CC)C(=O)OC(C)(C)C)c1c(F)c(Nc2cc(N(C)C(=O)OC(C)(C)C)cc(C)n2)nc2c1OCC2. The highest BCUT2D eigenvalue weighted by molar-refractivity contribution is 5.88. The summed E-state index contributed by atoms with van der Waals surface area (Å²) in [6.45, 7) is 17.5. The van der Waals surface area contributed by atoms with Crippen LogP contribution in [0.3, 0.4) is 0 Å². The van der Waals surface area contributed by atoms with Gasteiger partial charge in [-0.05, 0) is 73.5 Å². The smallest absolute Gasteiger partial charge is 0.414 e. The highest BCUT2D eigenvalue weighted by Gasteiger charge is 2.28. The zero-order valence-electron chi connectivity index (χ0n) is 26.5. The monoisotopic (exact) mass is 585 g/mol. The Bertz CT molecular complexity index is 1350. The number of ether oxygens (including phenoxy) is 3. The van der Waals surface area contributed by atoms with Gasteiger partial charge in [0, 0.05) is 38.3 Å². The van der Waals surface area contributed by atoms with Gasteiger partial charge in [0.2, 0.25) is 0 Å². The van der Waals surface area contributed by atoms with Gasteiger partial charge in [-0.15, -0.1) is 0 Å². The highest BCUT2D eigenvalue weighted by Crippen LogP contribution is 2.39. The lowest BCUT2D eigenvalue weighted by molar-refractivity contribution is 0.0281. The Kier molecular flexibility index (Phi) is 10.1. The number of allylic oxidation sites excluding steroid dienone is 1. The molecule has 0 unspecified atom stereocenters. The molecular weight excluding hydrogens is 541 g/mol. The van der Waals surface area contributed by atoms with Crippen LogP contribution >= 0.6 is 0 Å². The summed E-state index contributed by atoms with van der Waals surface area (Å²) in [7, 11) is 1.60. The fourth-order valence-electron chi connectivity index (χ4n) is 4.31. The summed E-state index contributed by atoms with van der Waals surface area (Å²) < 4.78 is 33.1. The second-order valence-corrected chi connectivity index (χ2v) is 12.1. The van der Waals surface area contributed by atoms with Crippen molar-refractivity contribution in [2.24, 2.45) is 0 Å². The third-order valence-electron chi connectivity index (χ3n) is 6.28. The molecule has 0 saturated heterocycles. The standard InChI is InChI=1S/C31H44FN5O5/c1-11-20(13-15-37(12-2)29(39)42-31(7,8)9)24-25(32)27(34-22-14-16-40-26(22)24)35-23-18-21(17-19(3)33-23)36(10)28(38)41-30(4,5)6/h13,17-18H,11-12,14-16H2,1-10H3,(H,33,34,35)/b20-13+. The normalized spacial score (nSPS) is 13.3. The van der Waals surface area contributed by atoms with Crippen molar-refractivity contribution in [3.63, 3.8) is 0 Å². The lowest BCUT2D eigenvalue weighted by Crippen LogP contribution is -2.36. The van der Waals surface area contributed by atoms with Gasteiger partial charge in [-0.2, -0.15) is 0 Å². The van der Waals surface area contributed by atoms with Crippen LogP contribution < -0.4 is 15.0 Å². The first-order chi connectivity index (χ1) is 19.5. The molecule has 42 heavy (non-hydrogen) atoms. The van der Waals surface area contributed by atoms with Crippen molar-refractivity contribution in [3.8, 4) is 5.75 Å². The molecule has 2 amide bonds. The predicted octanol–water partition coefficient (Wildman–Crippen LogP) is 7.02. The number of halogens is 1. The molecule has 0 fully saturated rings. The average molecular weight is 586 g/mol. The summed E-state index contributed by atoms with van der Waals surface area (Å²) in [4.78, 5) is 37.3. The summed E-state index contributed by atoms with van der Waals surface area (Å²) in [6.07, 6.45) is 1.89. The molecule has 1 N–H and O–H groups in total. The Hall–Kier alpha value is -3.89. The Balaban J connectivity index is 1.97. The minimum Gasteiger partial charge on any atom is -0.491 e. The predicted molar refractivity (Wildman–Crippen MR) is 162 cm³/mol. The Morgan fingerprint density at radius 3 is 2.31 bits per heavy atom. The van der Waals surface area contributed by atoms with Gasteiger partial charge in [-0.25, -0.2) is 23.9 Å². The van der Waals surface area contributed by atoms with Gasteiger partial charge in [0.05, 0.1) is 23.6 Å². The lowest BCUT2D eigenvalue weighted by Gasteiger charge is -2.26. The minimum absolute atomic E-state index is 0.00272. The molecular formula is C31H44FN5O5. The first-order valence-electron chi connectivity index (χ1n) is 14.3. The third-order valence-corrected chi connectivity index (χ3v) is 6.28. The maximum absolute atomic E-state index is 16.2. The van der Waals surface area contributed by atoms with Gasteiger partial charge in [0.15, 0.2) is 17.4 Å². The molecule has 1 aliphatic rings. The van der Waals surface area contributed by atoms with Crippen LogP contribution in [-0.2, 0) is 15.9 Å². The highest BCUT2D eigenvalue weighted by atomic mass is 19.1. The topological polar surface area (TPSA) is 106 Å². The summed E-state index contributed by atoms with van der Waals surface area (Å²) in [5.41, 5.74) is 1.48. The van der Waals surface area contributed by atoms with Gasteiger partial charge in [0.1, 0.15) is 17.0 Å². The first-order valence-corrected chi connectivity index (χ1v) is 14.3. The van der Waals surface area contributed by atoms with Crippen LogP contribution in [0.2, 0.25) is 0 Å². The molecule has 11 heteroatoms. The van der Waals surface area contributed by atoms with Crippen molar-refractivity contribution < 1.29 is 28.2 Å². The number of likely N-dealkylation sites (N-methyl/N-ethyl adjacent to an activating group) is 1.